The van der Waals surface area contributed by atoms with E-state index in [1.165, 1.54) is 12.1 Å². The van der Waals surface area contributed by atoms with Crippen LogP contribution in [0.4, 0.5) is 4.39 Å². The first-order valence-electron chi connectivity index (χ1n) is 5.78. The van der Waals surface area contributed by atoms with Gasteiger partial charge in [-0.15, -0.1) is 11.6 Å². The first-order chi connectivity index (χ1) is 9.60. The van der Waals surface area contributed by atoms with Crippen LogP contribution >= 0.6 is 50.1 Å². The fourth-order valence-corrected chi connectivity index (χ4v) is 3.20. The summed E-state index contributed by atoms with van der Waals surface area (Å²) in [7, 11) is 0. The average molecular weight is 465 g/mol. The molecule has 0 aliphatic rings. The van der Waals surface area contributed by atoms with Crippen LogP contribution in [0.3, 0.4) is 0 Å². The molecule has 0 N–H and O–H groups in total. The van der Waals surface area contributed by atoms with E-state index in [2.05, 4.69) is 43.5 Å². The third-order valence-electron chi connectivity index (χ3n) is 2.95. The molecule has 0 unspecified atom stereocenters. The van der Waals surface area contributed by atoms with Crippen molar-refractivity contribution in [3.05, 3.63) is 56.1 Å². The number of halogens is 4. The van der Waals surface area contributed by atoms with Crippen LogP contribution in [-0.2, 0) is 5.88 Å². The van der Waals surface area contributed by atoms with Crippen molar-refractivity contribution in [2.75, 3.05) is 0 Å². The second-order valence-corrected chi connectivity index (χ2v) is 6.59. The average Bonchev–Trinajstić information content (AvgIpc) is 2.78. The Morgan fingerprint density at radius 3 is 2.80 bits per heavy atom. The molecule has 0 amide bonds. The highest BCUT2D eigenvalue weighted by atomic mass is 127. The predicted molar refractivity (Wildman–Crippen MR) is 91.0 cm³/mol. The highest BCUT2D eigenvalue weighted by Gasteiger charge is 2.14. The van der Waals surface area contributed by atoms with Crippen LogP contribution in [0, 0.1) is 9.39 Å². The van der Waals surface area contributed by atoms with Crippen LogP contribution < -0.4 is 0 Å². The summed E-state index contributed by atoms with van der Waals surface area (Å²) in [5.41, 5.74) is 2.46. The standard InChI is InChI=1S/C14H8BrClFIN2/c15-10-3-1-8(17)5-13(10)20-12-4-2-9(18)6-11(12)19-14(20)7-16/h1-6H,7H2. The lowest BCUT2D eigenvalue weighted by atomic mass is 10.2. The van der Waals surface area contributed by atoms with E-state index < -0.39 is 0 Å². The molecule has 3 rings (SSSR count). The van der Waals surface area contributed by atoms with Crippen molar-refractivity contribution in [2.24, 2.45) is 0 Å². The molecule has 102 valence electrons. The van der Waals surface area contributed by atoms with Crippen molar-refractivity contribution < 1.29 is 4.39 Å². The van der Waals surface area contributed by atoms with Gasteiger partial charge in [0.15, 0.2) is 0 Å². The molecule has 0 spiro atoms. The maximum absolute atomic E-state index is 13.6. The van der Waals surface area contributed by atoms with Crippen molar-refractivity contribution in [3.63, 3.8) is 0 Å². The molecule has 0 fully saturated rings. The Morgan fingerprint density at radius 2 is 2.05 bits per heavy atom. The fourth-order valence-electron chi connectivity index (χ4n) is 2.12. The lowest BCUT2D eigenvalue weighted by Gasteiger charge is -2.10. The Morgan fingerprint density at radius 1 is 1.25 bits per heavy atom. The maximum Gasteiger partial charge on any atom is 0.129 e. The molecule has 2 aromatic carbocycles. The van der Waals surface area contributed by atoms with Crippen molar-refractivity contribution in [3.8, 4) is 5.69 Å². The van der Waals surface area contributed by atoms with Gasteiger partial charge in [0.05, 0.1) is 22.6 Å². The molecule has 20 heavy (non-hydrogen) atoms. The summed E-state index contributed by atoms with van der Waals surface area (Å²) in [6.45, 7) is 0. The van der Waals surface area contributed by atoms with Gasteiger partial charge in [-0.25, -0.2) is 9.37 Å². The van der Waals surface area contributed by atoms with Crippen molar-refractivity contribution >= 4 is 61.2 Å². The van der Waals surface area contributed by atoms with E-state index in [-0.39, 0.29) is 11.7 Å². The van der Waals surface area contributed by atoms with Crippen LogP contribution in [0.1, 0.15) is 5.82 Å². The largest absolute Gasteiger partial charge is 0.294 e. The Balaban J connectivity index is 2.37. The van der Waals surface area contributed by atoms with E-state index in [9.17, 15) is 4.39 Å². The SMILES string of the molecule is Fc1ccc(Br)c(-n2c(CCl)nc3cc(I)ccc32)c1. The van der Waals surface area contributed by atoms with E-state index in [0.29, 0.717) is 11.5 Å². The first kappa shape index (κ1) is 14.3. The minimum atomic E-state index is -0.295. The number of nitrogens with zero attached hydrogens (tertiary/aromatic N) is 2. The Labute approximate surface area is 142 Å². The summed E-state index contributed by atoms with van der Waals surface area (Å²) >= 11 is 11.7. The van der Waals surface area contributed by atoms with Gasteiger partial charge >= 0.3 is 0 Å². The zero-order chi connectivity index (χ0) is 14.3. The van der Waals surface area contributed by atoms with Gasteiger partial charge in [-0.2, -0.15) is 0 Å². The van der Waals surface area contributed by atoms with Gasteiger partial charge in [-0.1, -0.05) is 0 Å². The van der Waals surface area contributed by atoms with Gasteiger partial charge in [0.2, 0.25) is 0 Å². The van der Waals surface area contributed by atoms with Crippen molar-refractivity contribution in [2.45, 2.75) is 5.88 Å². The summed E-state index contributed by atoms with van der Waals surface area (Å²) in [4.78, 5) is 4.52. The molecular formula is C14H8BrClFIN2. The Bertz CT molecular complexity index is 803. The van der Waals surface area contributed by atoms with Crippen LogP contribution in [0.25, 0.3) is 16.7 Å². The number of fused-ring (bicyclic) bond motifs is 1. The smallest absolute Gasteiger partial charge is 0.129 e. The second-order valence-electron chi connectivity index (χ2n) is 4.23. The van der Waals surface area contributed by atoms with Crippen molar-refractivity contribution in [1.82, 2.24) is 9.55 Å². The molecule has 0 saturated heterocycles. The zero-order valence-corrected chi connectivity index (χ0v) is 14.6. The number of imidazole rings is 1. The second kappa shape index (κ2) is 5.61. The normalized spacial score (nSPS) is 11.2. The molecule has 0 aliphatic carbocycles. The van der Waals surface area contributed by atoms with Crippen LogP contribution in [0.5, 0.6) is 0 Å². The summed E-state index contributed by atoms with van der Waals surface area (Å²) in [5.74, 6) is 0.653. The lowest BCUT2D eigenvalue weighted by molar-refractivity contribution is 0.626. The topological polar surface area (TPSA) is 17.8 Å². The molecule has 2 nitrogen and oxygen atoms in total. The van der Waals surface area contributed by atoms with E-state index in [1.54, 1.807) is 6.07 Å². The van der Waals surface area contributed by atoms with Crippen LogP contribution in [0.15, 0.2) is 40.9 Å². The van der Waals surface area contributed by atoms with Gasteiger partial charge in [0.1, 0.15) is 11.6 Å². The molecular weight excluding hydrogens is 457 g/mol. The summed E-state index contributed by atoms with van der Waals surface area (Å²) in [5, 5.41) is 0. The molecule has 3 aromatic rings. The van der Waals surface area contributed by atoms with Crippen LogP contribution in [0.2, 0.25) is 0 Å². The summed E-state index contributed by atoms with van der Waals surface area (Å²) < 4.78 is 17.3. The molecule has 0 aliphatic heterocycles. The third kappa shape index (κ3) is 2.46. The third-order valence-corrected chi connectivity index (χ3v) is 4.54. The number of hydrogen-bond acceptors (Lipinski definition) is 1. The van der Waals surface area contributed by atoms with Gasteiger partial charge in [0, 0.05) is 8.04 Å². The lowest BCUT2D eigenvalue weighted by Crippen LogP contribution is -2.01. The first-order valence-corrected chi connectivity index (χ1v) is 8.19. The monoisotopic (exact) mass is 464 g/mol. The van der Waals surface area contributed by atoms with Gasteiger partial charge in [-0.3, -0.25) is 4.57 Å². The summed E-state index contributed by atoms with van der Waals surface area (Å²) in [6, 6.07) is 10.5. The highest BCUT2D eigenvalue weighted by Crippen LogP contribution is 2.29. The number of rotatable bonds is 2. The van der Waals surface area contributed by atoms with E-state index in [0.717, 1.165) is 19.1 Å². The molecule has 0 bridgehead atoms. The summed E-state index contributed by atoms with van der Waals surface area (Å²) in [6.07, 6.45) is 0. The van der Waals surface area contributed by atoms with Crippen LogP contribution in [-0.4, -0.2) is 9.55 Å². The molecule has 6 heteroatoms. The Hall–Kier alpha value is -0.660. The fraction of sp³-hybridized carbons (Fsp3) is 0.0714. The number of aromatic nitrogens is 2. The predicted octanol–water partition coefficient (Wildman–Crippen LogP) is 5.27. The van der Waals surface area contributed by atoms with Gasteiger partial charge in [-0.05, 0) is 74.9 Å². The molecule has 1 aromatic heterocycles. The zero-order valence-electron chi connectivity index (χ0n) is 10.1. The number of benzene rings is 2. The molecule has 0 saturated carbocycles. The van der Waals surface area contributed by atoms with E-state index >= 15 is 0 Å². The highest BCUT2D eigenvalue weighted by molar-refractivity contribution is 14.1. The van der Waals surface area contributed by atoms with Crippen molar-refractivity contribution in [1.29, 1.82) is 0 Å². The number of alkyl halides is 1. The minimum absolute atomic E-state index is 0.258. The minimum Gasteiger partial charge on any atom is -0.294 e. The van der Waals surface area contributed by atoms with Gasteiger partial charge in [0.25, 0.3) is 0 Å². The molecule has 1 heterocycles. The molecule has 0 atom stereocenters. The van der Waals surface area contributed by atoms with E-state index in [4.69, 9.17) is 11.6 Å². The maximum atomic E-state index is 13.6. The Kier molecular flexibility index (Phi) is 4.01. The quantitative estimate of drug-likeness (QED) is 0.373. The number of hydrogen-bond donors (Lipinski definition) is 0. The van der Waals surface area contributed by atoms with Gasteiger partial charge < -0.3 is 0 Å². The van der Waals surface area contributed by atoms with E-state index in [1.807, 2.05) is 22.8 Å². The molecule has 0 radical (unpaired) electrons.